The molecule has 0 unspecified atom stereocenters. The number of nitrogens with one attached hydrogen (secondary N) is 2. The third-order valence-corrected chi connectivity index (χ3v) is 6.42. The van der Waals surface area contributed by atoms with Crippen molar-refractivity contribution in [2.75, 3.05) is 26.1 Å². The van der Waals surface area contributed by atoms with E-state index in [1.54, 1.807) is 35.2 Å². The van der Waals surface area contributed by atoms with Gasteiger partial charge < -0.3 is 29.7 Å². The molecule has 0 saturated heterocycles. The zero-order valence-corrected chi connectivity index (χ0v) is 23.5. The van der Waals surface area contributed by atoms with E-state index in [2.05, 4.69) is 10.6 Å². The molecule has 0 aromatic heterocycles. The molecule has 2 N–H and O–H groups in total. The number of hydrogen-bond donors (Lipinski definition) is 2. The van der Waals surface area contributed by atoms with Gasteiger partial charge in [-0.1, -0.05) is 18.2 Å². The first-order valence-corrected chi connectivity index (χ1v) is 13.1. The summed E-state index contributed by atoms with van der Waals surface area (Å²) < 4.78 is 16.0. The van der Waals surface area contributed by atoms with E-state index in [0.29, 0.717) is 47.8 Å². The van der Waals surface area contributed by atoms with Gasteiger partial charge in [0.05, 0.1) is 14.2 Å². The normalized spacial score (nSPS) is 12.7. The molecule has 0 radical (unpaired) electrons. The van der Waals surface area contributed by atoms with Gasteiger partial charge in [0.1, 0.15) is 5.60 Å². The minimum Gasteiger partial charge on any atom is -0.493 e. The van der Waals surface area contributed by atoms with Crippen LogP contribution in [0, 0.1) is 0 Å². The molecule has 4 rings (SSSR count). The molecule has 1 aliphatic rings. The lowest BCUT2D eigenvalue weighted by atomic mass is 9.97. The Morgan fingerprint density at radius 2 is 1.57 bits per heavy atom. The Kier molecular flexibility index (Phi) is 8.62. The Balaban J connectivity index is 1.36. The van der Waals surface area contributed by atoms with Crippen LogP contribution in [0.1, 0.15) is 58.2 Å². The first-order chi connectivity index (χ1) is 19.1. The molecule has 210 valence electrons. The highest BCUT2D eigenvalue weighted by Gasteiger charge is 2.26. The second-order valence-electron chi connectivity index (χ2n) is 10.5. The van der Waals surface area contributed by atoms with Gasteiger partial charge in [0.2, 0.25) is 0 Å². The van der Waals surface area contributed by atoms with Crippen LogP contribution in [0.5, 0.6) is 11.5 Å². The number of anilines is 1. The zero-order chi connectivity index (χ0) is 28.9. The van der Waals surface area contributed by atoms with Crippen molar-refractivity contribution in [2.45, 2.75) is 45.9 Å². The van der Waals surface area contributed by atoms with E-state index >= 15 is 0 Å². The second-order valence-corrected chi connectivity index (χ2v) is 10.5. The Bertz CT molecular complexity index is 1410. The van der Waals surface area contributed by atoms with Crippen LogP contribution in [0.25, 0.3) is 0 Å². The fourth-order valence-electron chi connectivity index (χ4n) is 4.40. The minimum absolute atomic E-state index is 0.233. The standard InChI is InChI=1S/C31H35N3O6/c1-31(2,3)40-30(37)34-14-13-21-16-22(9-10-24(21)19-34)29(36)33-25-8-6-7-20(15-25)18-32-28(35)23-11-12-26(38-4)27(17-23)39-5/h6-12,15-17H,13-14,18-19H2,1-5H3,(H,32,35)(H,33,36). The number of fused-ring (bicyclic) bond motifs is 1. The monoisotopic (exact) mass is 545 g/mol. The topological polar surface area (TPSA) is 106 Å². The Morgan fingerprint density at radius 1 is 0.850 bits per heavy atom. The van der Waals surface area contributed by atoms with Crippen molar-refractivity contribution >= 4 is 23.6 Å². The quantitative estimate of drug-likeness (QED) is 0.424. The first-order valence-electron chi connectivity index (χ1n) is 13.1. The lowest BCUT2D eigenvalue weighted by molar-refractivity contribution is 0.0223. The first kappa shape index (κ1) is 28.5. The highest BCUT2D eigenvalue weighted by atomic mass is 16.6. The Labute approximate surface area is 234 Å². The number of carbonyl (C=O) groups is 3. The average Bonchev–Trinajstić information content (AvgIpc) is 2.94. The summed E-state index contributed by atoms with van der Waals surface area (Å²) in [5.41, 5.74) is 3.93. The van der Waals surface area contributed by atoms with Gasteiger partial charge in [-0.2, -0.15) is 0 Å². The predicted molar refractivity (Wildman–Crippen MR) is 152 cm³/mol. The molecular formula is C31H35N3O6. The van der Waals surface area contributed by atoms with Gasteiger partial charge >= 0.3 is 6.09 Å². The van der Waals surface area contributed by atoms with E-state index in [4.69, 9.17) is 14.2 Å². The van der Waals surface area contributed by atoms with Crippen molar-refractivity contribution in [3.63, 3.8) is 0 Å². The van der Waals surface area contributed by atoms with Crippen molar-refractivity contribution in [1.82, 2.24) is 10.2 Å². The smallest absolute Gasteiger partial charge is 0.410 e. The number of amides is 3. The molecule has 0 atom stereocenters. The van der Waals surface area contributed by atoms with E-state index < -0.39 is 5.60 Å². The van der Waals surface area contributed by atoms with Crippen LogP contribution in [0.4, 0.5) is 10.5 Å². The zero-order valence-electron chi connectivity index (χ0n) is 23.5. The average molecular weight is 546 g/mol. The number of hydrogen-bond acceptors (Lipinski definition) is 6. The molecule has 9 nitrogen and oxygen atoms in total. The van der Waals surface area contributed by atoms with Gasteiger partial charge in [0.15, 0.2) is 11.5 Å². The largest absolute Gasteiger partial charge is 0.493 e. The highest BCUT2D eigenvalue weighted by Crippen LogP contribution is 2.27. The molecule has 1 heterocycles. The predicted octanol–water partition coefficient (Wildman–Crippen LogP) is 5.18. The van der Waals surface area contributed by atoms with Crippen LogP contribution in [-0.2, 0) is 24.2 Å². The number of carbonyl (C=O) groups excluding carboxylic acids is 3. The Hall–Kier alpha value is -4.53. The maximum Gasteiger partial charge on any atom is 0.410 e. The van der Waals surface area contributed by atoms with Crippen LogP contribution >= 0.6 is 0 Å². The van der Waals surface area contributed by atoms with E-state index in [-0.39, 0.29) is 24.5 Å². The summed E-state index contributed by atoms with van der Waals surface area (Å²) in [6.45, 7) is 6.80. The third-order valence-electron chi connectivity index (χ3n) is 6.42. The fraction of sp³-hybridized carbons (Fsp3) is 0.323. The fourth-order valence-corrected chi connectivity index (χ4v) is 4.40. The molecule has 0 fully saturated rings. The Morgan fingerprint density at radius 3 is 2.30 bits per heavy atom. The van der Waals surface area contributed by atoms with E-state index in [9.17, 15) is 14.4 Å². The maximum absolute atomic E-state index is 13.0. The van der Waals surface area contributed by atoms with Gasteiger partial charge in [0, 0.05) is 36.4 Å². The van der Waals surface area contributed by atoms with Crippen molar-refractivity contribution in [3.05, 3.63) is 88.5 Å². The number of rotatable bonds is 7. The molecule has 1 aliphatic heterocycles. The van der Waals surface area contributed by atoms with Crippen molar-refractivity contribution in [2.24, 2.45) is 0 Å². The summed E-state index contributed by atoms with van der Waals surface area (Å²) in [6.07, 6.45) is 0.310. The van der Waals surface area contributed by atoms with Crippen LogP contribution in [-0.4, -0.2) is 49.2 Å². The lowest BCUT2D eigenvalue weighted by Gasteiger charge is -2.31. The minimum atomic E-state index is -0.549. The summed E-state index contributed by atoms with van der Waals surface area (Å²) in [4.78, 5) is 39.8. The van der Waals surface area contributed by atoms with E-state index in [1.807, 2.05) is 51.1 Å². The summed E-state index contributed by atoms with van der Waals surface area (Å²) >= 11 is 0. The van der Waals surface area contributed by atoms with Crippen LogP contribution in [0.15, 0.2) is 60.7 Å². The summed E-state index contributed by atoms with van der Waals surface area (Å²) in [7, 11) is 3.06. The molecule has 0 aliphatic carbocycles. The van der Waals surface area contributed by atoms with Crippen LogP contribution < -0.4 is 20.1 Å². The summed E-state index contributed by atoms with van der Waals surface area (Å²) in [5.74, 6) is 0.533. The van der Waals surface area contributed by atoms with Gasteiger partial charge in [-0.3, -0.25) is 9.59 Å². The third kappa shape index (κ3) is 7.11. The molecule has 0 bridgehead atoms. The SMILES string of the molecule is COc1ccc(C(=O)NCc2cccc(NC(=O)c3ccc4c(c3)CCN(C(=O)OC(C)(C)C)C4)c2)cc1OC. The van der Waals surface area contributed by atoms with Gasteiger partial charge in [-0.05, 0) is 86.3 Å². The van der Waals surface area contributed by atoms with Gasteiger partial charge in [0.25, 0.3) is 11.8 Å². The summed E-state index contributed by atoms with van der Waals surface area (Å²) in [6, 6.07) is 17.8. The van der Waals surface area contributed by atoms with Crippen molar-refractivity contribution in [3.8, 4) is 11.5 Å². The molecule has 3 aromatic rings. The lowest BCUT2D eigenvalue weighted by Crippen LogP contribution is -2.39. The number of methoxy groups -OCH3 is 2. The second kappa shape index (κ2) is 12.1. The van der Waals surface area contributed by atoms with Crippen molar-refractivity contribution in [1.29, 1.82) is 0 Å². The molecule has 0 spiro atoms. The highest BCUT2D eigenvalue weighted by molar-refractivity contribution is 6.04. The molecular weight excluding hydrogens is 510 g/mol. The molecule has 3 amide bonds. The van der Waals surface area contributed by atoms with Crippen molar-refractivity contribution < 1.29 is 28.6 Å². The molecule has 0 saturated carbocycles. The van der Waals surface area contributed by atoms with E-state index in [0.717, 1.165) is 16.7 Å². The van der Waals surface area contributed by atoms with E-state index in [1.165, 1.54) is 14.2 Å². The molecule has 3 aromatic carbocycles. The van der Waals surface area contributed by atoms with Crippen LogP contribution in [0.3, 0.4) is 0 Å². The van der Waals surface area contributed by atoms with Crippen LogP contribution in [0.2, 0.25) is 0 Å². The number of nitrogens with zero attached hydrogens (tertiary/aromatic N) is 1. The molecule has 9 heteroatoms. The molecule has 40 heavy (non-hydrogen) atoms. The number of benzene rings is 3. The van der Waals surface area contributed by atoms with Gasteiger partial charge in [-0.25, -0.2) is 4.79 Å². The van der Waals surface area contributed by atoms with Gasteiger partial charge in [-0.15, -0.1) is 0 Å². The number of ether oxygens (including phenoxy) is 3. The summed E-state index contributed by atoms with van der Waals surface area (Å²) in [5, 5.41) is 5.83. The maximum atomic E-state index is 13.0.